The highest BCUT2D eigenvalue weighted by Crippen LogP contribution is 2.41. The molecule has 0 amide bonds. The molecule has 0 radical (unpaired) electrons. The van der Waals surface area contributed by atoms with Gasteiger partial charge >= 0.3 is 0 Å². The van der Waals surface area contributed by atoms with Crippen molar-refractivity contribution in [3.8, 4) is 0 Å². The minimum Gasteiger partial charge on any atom is -0.469 e. The summed E-state index contributed by atoms with van der Waals surface area (Å²) in [6, 6.07) is 2.14. The zero-order valence-corrected chi connectivity index (χ0v) is 9.79. The van der Waals surface area contributed by atoms with Crippen LogP contribution in [0, 0.1) is 5.92 Å². The van der Waals surface area contributed by atoms with Crippen LogP contribution < -0.4 is 5.32 Å². The van der Waals surface area contributed by atoms with E-state index in [1.54, 1.807) is 0 Å². The molecule has 0 aromatic carbocycles. The summed E-state index contributed by atoms with van der Waals surface area (Å²) >= 11 is 0. The molecule has 0 aliphatic carbocycles. The number of rotatable bonds is 2. The second kappa shape index (κ2) is 3.90. The highest BCUT2D eigenvalue weighted by Gasteiger charge is 2.44. The first-order valence-electron chi connectivity index (χ1n) is 6.26. The Kier molecular flexibility index (Phi) is 2.52. The Morgan fingerprint density at radius 1 is 1.56 bits per heavy atom. The first-order valence-corrected chi connectivity index (χ1v) is 6.26. The molecule has 2 atom stereocenters. The molecule has 1 fully saturated rings. The Labute approximate surface area is 96.2 Å². The topological polar surface area (TPSA) is 34.4 Å². The molecule has 2 unspecified atom stereocenters. The number of fused-ring (bicyclic) bond motifs is 1. The Hall–Kier alpha value is -0.800. The lowest BCUT2D eigenvalue weighted by Crippen LogP contribution is -2.52. The van der Waals surface area contributed by atoms with Crippen molar-refractivity contribution in [1.29, 1.82) is 0 Å². The van der Waals surface area contributed by atoms with E-state index in [9.17, 15) is 0 Å². The maximum Gasteiger partial charge on any atom is 0.110 e. The van der Waals surface area contributed by atoms with Crippen LogP contribution in [0.2, 0.25) is 0 Å². The Balaban J connectivity index is 2.02. The minimum atomic E-state index is 0.0943. The van der Waals surface area contributed by atoms with Crippen LogP contribution in [0.25, 0.3) is 0 Å². The summed E-state index contributed by atoms with van der Waals surface area (Å²) in [4.78, 5) is 0. The average molecular weight is 221 g/mol. The molecule has 2 aliphatic heterocycles. The third-order valence-electron chi connectivity index (χ3n) is 4.20. The highest BCUT2D eigenvalue weighted by molar-refractivity contribution is 5.31. The van der Waals surface area contributed by atoms with Gasteiger partial charge in [-0.25, -0.2) is 0 Å². The van der Waals surface area contributed by atoms with Gasteiger partial charge in [-0.05, 0) is 18.9 Å². The van der Waals surface area contributed by atoms with Gasteiger partial charge in [0, 0.05) is 31.1 Å². The van der Waals surface area contributed by atoms with Crippen LogP contribution in [0.1, 0.15) is 31.1 Å². The van der Waals surface area contributed by atoms with Gasteiger partial charge in [-0.3, -0.25) is 0 Å². The summed E-state index contributed by atoms with van der Waals surface area (Å²) < 4.78 is 11.1. The molecule has 0 bridgehead atoms. The number of hydrogen-bond acceptors (Lipinski definition) is 3. The van der Waals surface area contributed by atoms with E-state index in [4.69, 9.17) is 9.15 Å². The zero-order valence-electron chi connectivity index (χ0n) is 9.79. The van der Waals surface area contributed by atoms with Gasteiger partial charge in [0.1, 0.15) is 5.76 Å². The molecule has 1 saturated heterocycles. The SMILES string of the molecule is CCC1(C2CCOC2)NCCc2occc21. The van der Waals surface area contributed by atoms with Gasteiger partial charge in [-0.15, -0.1) is 0 Å². The summed E-state index contributed by atoms with van der Waals surface area (Å²) in [5.41, 5.74) is 1.47. The molecule has 0 spiro atoms. The van der Waals surface area contributed by atoms with Gasteiger partial charge in [0.25, 0.3) is 0 Å². The lowest BCUT2D eigenvalue weighted by atomic mass is 9.73. The van der Waals surface area contributed by atoms with Crippen LogP contribution >= 0.6 is 0 Å². The second-order valence-electron chi connectivity index (χ2n) is 4.82. The zero-order chi connectivity index (χ0) is 11.0. The third kappa shape index (κ3) is 1.35. The summed E-state index contributed by atoms with van der Waals surface area (Å²) in [5, 5.41) is 3.73. The molecule has 3 nitrogen and oxygen atoms in total. The second-order valence-corrected chi connectivity index (χ2v) is 4.82. The predicted octanol–water partition coefficient (Wildman–Crippen LogP) is 2.07. The van der Waals surface area contributed by atoms with E-state index in [-0.39, 0.29) is 5.54 Å². The average Bonchev–Trinajstić information content (AvgIpc) is 2.99. The summed E-state index contributed by atoms with van der Waals surface area (Å²) in [6.45, 7) is 5.06. The Bertz CT molecular complexity index is 368. The molecule has 0 saturated carbocycles. The van der Waals surface area contributed by atoms with Gasteiger partial charge in [0.05, 0.1) is 18.4 Å². The van der Waals surface area contributed by atoms with Gasteiger partial charge in [0.15, 0.2) is 0 Å². The maximum atomic E-state index is 5.59. The lowest BCUT2D eigenvalue weighted by molar-refractivity contribution is 0.134. The van der Waals surface area contributed by atoms with Crippen LogP contribution in [0.15, 0.2) is 16.7 Å². The summed E-state index contributed by atoms with van der Waals surface area (Å²) in [5.74, 6) is 1.77. The standard InChI is InChI=1S/C13H19NO2/c1-2-13(10-4-7-15-9-10)11-5-8-16-12(11)3-6-14-13/h5,8,10,14H,2-4,6-7,9H2,1H3. The van der Waals surface area contributed by atoms with Crippen LogP contribution in [0.3, 0.4) is 0 Å². The quantitative estimate of drug-likeness (QED) is 0.830. The molecule has 88 valence electrons. The van der Waals surface area contributed by atoms with Crippen molar-refractivity contribution in [3.05, 3.63) is 23.7 Å². The van der Waals surface area contributed by atoms with Crippen LogP contribution in [0.4, 0.5) is 0 Å². The van der Waals surface area contributed by atoms with Crippen molar-refractivity contribution < 1.29 is 9.15 Å². The van der Waals surface area contributed by atoms with E-state index < -0.39 is 0 Å². The van der Waals surface area contributed by atoms with Gasteiger partial charge in [-0.1, -0.05) is 6.92 Å². The van der Waals surface area contributed by atoms with Crippen molar-refractivity contribution in [2.75, 3.05) is 19.8 Å². The highest BCUT2D eigenvalue weighted by atomic mass is 16.5. The number of ether oxygens (including phenoxy) is 1. The van der Waals surface area contributed by atoms with E-state index in [1.807, 2.05) is 6.26 Å². The number of nitrogens with one attached hydrogen (secondary N) is 1. The normalized spacial score (nSPS) is 33.9. The first kappa shape index (κ1) is 10.4. The van der Waals surface area contributed by atoms with E-state index in [0.29, 0.717) is 5.92 Å². The van der Waals surface area contributed by atoms with E-state index >= 15 is 0 Å². The minimum absolute atomic E-state index is 0.0943. The van der Waals surface area contributed by atoms with Crippen molar-refractivity contribution in [3.63, 3.8) is 0 Å². The summed E-state index contributed by atoms with van der Waals surface area (Å²) in [6.07, 6.45) is 5.11. The van der Waals surface area contributed by atoms with E-state index in [0.717, 1.165) is 39.0 Å². The van der Waals surface area contributed by atoms with Crippen LogP contribution in [-0.2, 0) is 16.7 Å². The molecule has 16 heavy (non-hydrogen) atoms. The molecule has 1 aromatic rings. The molecule has 3 heteroatoms. The fraction of sp³-hybridized carbons (Fsp3) is 0.692. The molecule has 3 heterocycles. The van der Waals surface area contributed by atoms with Crippen molar-refractivity contribution in [2.45, 2.75) is 31.7 Å². The van der Waals surface area contributed by atoms with E-state index in [2.05, 4.69) is 18.3 Å². The van der Waals surface area contributed by atoms with Crippen molar-refractivity contribution in [2.24, 2.45) is 5.92 Å². The smallest absolute Gasteiger partial charge is 0.110 e. The van der Waals surface area contributed by atoms with Gasteiger partial charge in [0.2, 0.25) is 0 Å². The molecule has 1 aromatic heterocycles. The first-order chi connectivity index (χ1) is 7.87. The Morgan fingerprint density at radius 2 is 2.50 bits per heavy atom. The molecular formula is C13H19NO2. The van der Waals surface area contributed by atoms with Crippen molar-refractivity contribution in [1.82, 2.24) is 5.32 Å². The van der Waals surface area contributed by atoms with Crippen LogP contribution in [-0.4, -0.2) is 19.8 Å². The molecule has 1 N–H and O–H groups in total. The molecular weight excluding hydrogens is 202 g/mol. The fourth-order valence-electron chi connectivity index (χ4n) is 3.32. The number of hydrogen-bond donors (Lipinski definition) is 1. The Morgan fingerprint density at radius 3 is 3.25 bits per heavy atom. The van der Waals surface area contributed by atoms with Gasteiger partial charge in [-0.2, -0.15) is 0 Å². The third-order valence-corrected chi connectivity index (χ3v) is 4.20. The molecule has 2 aliphatic rings. The lowest BCUT2D eigenvalue weighted by Gasteiger charge is -2.41. The van der Waals surface area contributed by atoms with E-state index in [1.165, 1.54) is 11.3 Å². The largest absolute Gasteiger partial charge is 0.469 e. The van der Waals surface area contributed by atoms with Gasteiger partial charge < -0.3 is 14.5 Å². The van der Waals surface area contributed by atoms with Crippen LogP contribution in [0.5, 0.6) is 0 Å². The summed E-state index contributed by atoms with van der Waals surface area (Å²) in [7, 11) is 0. The maximum absolute atomic E-state index is 5.59. The van der Waals surface area contributed by atoms with Crippen molar-refractivity contribution >= 4 is 0 Å². The fourth-order valence-corrected chi connectivity index (χ4v) is 3.32. The monoisotopic (exact) mass is 221 g/mol. The molecule has 3 rings (SSSR count). The number of furan rings is 1. The predicted molar refractivity (Wildman–Crippen MR) is 61.3 cm³/mol.